The molecule has 13 heavy (non-hydrogen) atoms. The lowest BCUT2D eigenvalue weighted by atomic mass is 9.94. The molecule has 0 saturated carbocycles. The van der Waals surface area contributed by atoms with Crippen molar-refractivity contribution in [2.24, 2.45) is 0 Å². The minimum atomic E-state index is -0.759. The number of aliphatic carboxylic acids is 1. The normalized spacial score (nSPS) is 20.4. The second-order valence-corrected chi connectivity index (χ2v) is 3.39. The van der Waals surface area contributed by atoms with Crippen molar-refractivity contribution in [2.75, 3.05) is 26.2 Å². The maximum absolute atomic E-state index is 10.4. The van der Waals surface area contributed by atoms with Crippen LogP contribution in [0.3, 0.4) is 0 Å². The molecule has 75 valence electrons. The van der Waals surface area contributed by atoms with E-state index in [-0.39, 0.29) is 13.2 Å². The average molecular weight is 186 g/mol. The molecule has 0 amide bonds. The third kappa shape index (κ3) is 3.74. The summed E-state index contributed by atoms with van der Waals surface area (Å²) in [5, 5.41) is 17.2. The Morgan fingerprint density at radius 1 is 1.38 bits per heavy atom. The Labute approximate surface area is 78.2 Å². The van der Waals surface area contributed by atoms with E-state index in [1.807, 2.05) is 4.90 Å². The summed E-state index contributed by atoms with van der Waals surface area (Å²) < 4.78 is 0. The van der Waals surface area contributed by atoms with Crippen LogP contribution in [-0.2, 0) is 4.79 Å². The molecule has 0 aromatic rings. The van der Waals surface area contributed by atoms with E-state index in [1.54, 1.807) is 0 Å². The molecular formula is C9H16NO3. The van der Waals surface area contributed by atoms with Gasteiger partial charge in [-0.3, -0.25) is 9.69 Å². The van der Waals surface area contributed by atoms with Gasteiger partial charge in [0.05, 0.1) is 6.54 Å². The number of nitrogens with zero attached hydrogens (tertiary/aromatic N) is 1. The van der Waals surface area contributed by atoms with Crippen LogP contribution in [0.25, 0.3) is 0 Å². The zero-order valence-corrected chi connectivity index (χ0v) is 7.70. The molecule has 0 bridgehead atoms. The summed E-state index contributed by atoms with van der Waals surface area (Å²) in [5.41, 5.74) is 0. The van der Waals surface area contributed by atoms with Crippen LogP contribution in [-0.4, -0.2) is 47.3 Å². The molecule has 1 radical (unpaired) electrons. The molecule has 0 aliphatic carbocycles. The summed E-state index contributed by atoms with van der Waals surface area (Å²) in [7, 11) is 0. The van der Waals surface area contributed by atoms with Crippen molar-refractivity contribution in [2.45, 2.75) is 19.3 Å². The molecule has 0 aromatic heterocycles. The smallest absolute Gasteiger partial charge is 0.317 e. The van der Waals surface area contributed by atoms with Crippen LogP contribution < -0.4 is 0 Å². The minimum absolute atomic E-state index is 0.145. The second-order valence-electron chi connectivity index (χ2n) is 3.39. The van der Waals surface area contributed by atoms with Gasteiger partial charge in [0.2, 0.25) is 0 Å². The lowest BCUT2D eigenvalue weighted by Crippen LogP contribution is -2.36. The Bertz CT molecular complexity index is 164. The predicted molar refractivity (Wildman–Crippen MR) is 48.3 cm³/mol. The van der Waals surface area contributed by atoms with Gasteiger partial charge in [-0.25, -0.2) is 0 Å². The number of carboxylic acid groups (broad SMARTS) is 1. The SMILES string of the molecule is O=C(O)CN1CC[C](CCO)CC1. The van der Waals surface area contributed by atoms with Crippen LogP contribution in [0.1, 0.15) is 19.3 Å². The first kappa shape index (κ1) is 10.5. The minimum Gasteiger partial charge on any atom is -0.480 e. The van der Waals surface area contributed by atoms with Crippen LogP contribution in [0.2, 0.25) is 0 Å². The van der Waals surface area contributed by atoms with Crippen molar-refractivity contribution in [1.82, 2.24) is 4.90 Å². The lowest BCUT2D eigenvalue weighted by molar-refractivity contribution is -0.138. The molecule has 2 N–H and O–H groups in total. The van der Waals surface area contributed by atoms with Gasteiger partial charge < -0.3 is 10.2 Å². The highest BCUT2D eigenvalue weighted by Gasteiger charge is 2.20. The number of aliphatic hydroxyl groups excluding tert-OH is 1. The van der Waals surface area contributed by atoms with E-state index in [1.165, 1.54) is 5.92 Å². The number of hydrogen-bond donors (Lipinski definition) is 2. The van der Waals surface area contributed by atoms with Crippen LogP contribution in [0.4, 0.5) is 0 Å². The van der Waals surface area contributed by atoms with Crippen molar-refractivity contribution < 1.29 is 15.0 Å². The zero-order chi connectivity index (χ0) is 9.68. The van der Waals surface area contributed by atoms with Gasteiger partial charge in [-0.2, -0.15) is 0 Å². The van der Waals surface area contributed by atoms with E-state index in [9.17, 15) is 4.79 Å². The average Bonchev–Trinajstić information content (AvgIpc) is 2.08. The molecule has 4 nitrogen and oxygen atoms in total. The van der Waals surface area contributed by atoms with Crippen LogP contribution in [0, 0.1) is 5.92 Å². The fourth-order valence-corrected chi connectivity index (χ4v) is 1.63. The van der Waals surface area contributed by atoms with Crippen LogP contribution in [0.5, 0.6) is 0 Å². The molecular weight excluding hydrogens is 170 g/mol. The Hall–Kier alpha value is -0.610. The molecule has 0 atom stereocenters. The number of carbonyl (C=O) groups is 1. The first-order valence-electron chi connectivity index (χ1n) is 4.61. The second kappa shape index (κ2) is 5.19. The van der Waals surface area contributed by atoms with Crippen molar-refractivity contribution in [3.63, 3.8) is 0 Å². The monoisotopic (exact) mass is 186 g/mol. The number of likely N-dealkylation sites (tertiary alicyclic amines) is 1. The lowest BCUT2D eigenvalue weighted by Gasteiger charge is -2.29. The largest absolute Gasteiger partial charge is 0.480 e. The summed E-state index contributed by atoms with van der Waals surface area (Å²) in [5.74, 6) is 0.606. The molecule has 1 aliphatic heterocycles. The molecule has 1 fully saturated rings. The quantitative estimate of drug-likeness (QED) is 0.655. The topological polar surface area (TPSA) is 60.8 Å². The van der Waals surface area contributed by atoms with Crippen molar-refractivity contribution in [3.8, 4) is 0 Å². The summed E-state index contributed by atoms with van der Waals surface area (Å²) in [6.07, 6.45) is 2.66. The van der Waals surface area contributed by atoms with Crippen molar-refractivity contribution >= 4 is 5.97 Å². The van der Waals surface area contributed by atoms with Gasteiger partial charge in [0.15, 0.2) is 0 Å². The van der Waals surface area contributed by atoms with Gasteiger partial charge >= 0.3 is 5.97 Å². The maximum Gasteiger partial charge on any atom is 0.317 e. The van der Waals surface area contributed by atoms with E-state index < -0.39 is 5.97 Å². The van der Waals surface area contributed by atoms with Crippen LogP contribution >= 0.6 is 0 Å². The first-order chi connectivity index (χ1) is 6.22. The number of rotatable bonds is 4. The van der Waals surface area contributed by atoms with Gasteiger partial charge in [-0.1, -0.05) is 0 Å². The van der Waals surface area contributed by atoms with E-state index in [4.69, 9.17) is 10.2 Å². The van der Waals surface area contributed by atoms with Gasteiger partial charge in [0, 0.05) is 6.61 Å². The fourth-order valence-electron chi connectivity index (χ4n) is 1.63. The molecule has 0 aromatic carbocycles. The Morgan fingerprint density at radius 2 is 2.00 bits per heavy atom. The van der Waals surface area contributed by atoms with E-state index >= 15 is 0 Å². The van der Waals surface area contributed by atoms with Gasteiger partial charge in [0.1, 0.15) is 0 Å². The Kier molecular flexibility index (Phi) is 4.18. The summed E-state index contributed by atoms with van der Waals surface area (Å²) in [6.45, 7) is 2.00. The maximum atomic E-state index is 10.4. The molecule has 1 aliphatic rings. The Balaban J connectivity index is 2.18. The van der Waals surface area contributed by atoms with Gasteiger partial charge in [0.25, 0.3) is 0 Å². The molecule has 0 spiro atoms. The van der Waals surface area contributed by atoms with E-state index in [2.05, 4.69) is 0 Å². The number of carboxylic acids is 1. The van der Waals surface area contributed by atoms with Crippen molar-refractivity contribution in [1.29, 1.82) is 0 Å². The standard InChI is InChI=1S/C9H16NO3/c11-6-3-8-1-4-10(5-2-8)7-9(12)13/h11H,1-7H2,(H,12,13). The molecule has 1 heterocycles. The number of hydrogen-bond acceptors (Lipinski definition) is 3. The van der Waals surface area contributed by atoms with E-state index in [0.29, 0.717) is 0 Å². The summed E-state index contributed by atoms with van der Waals surface area (Å²) >= 11 is 0. The zero-order valence-electron chi connectivity index (χ0n) is 7.70. The number of piperidine rings is 1. The van der Waals surface area contributed by atoms with Crippen LogP contribution in [0.15, 0.2) is 0 Å². The molecule has 1 rings (SSSR count). The van der Waals surface area contributed by atoms with Gasteiger partial charge in [-0.15, -0.1) is 0 Å². The Morgan fingerprint density at radius 3 is 2.46 bits per heavy atom. The summed E-state index contributed by atoms with van der Waals surface area (Å²) in [4.78, 5) is 12.3. The third-order valence-electron chi connectivity index (χ3n) is 2.39. The van der Waals surface area contributed by atoms with E-state index in [0.717, 1.165) is 32.4 Å². The fraction of sp³-hybridized carbons (Fsp3) is 0.778. The highest BCUT2D eigenvalue weighted by atomic mass is 16.4. The third-order valence-corrected chi connectivity index (χ3v) is 2.39. The predicted octanol–water partition coefficient (Wildman–Crippen LogP) is 0.124. The molecule has 1 saturated heterocycles. The van der Waals surface area contributed by atoms with Crippen molar-refractivity contribution in [3.05, 3.63) is 5.92 Å². The highest BCUT2D eigenvalue weighted by Crippen LogP contribution is 2.21. The van der Waals surface area contributed by atoms with Gasteiger partial charge in [-0.05, 0) is 38.3 Å². The number of aliphatic hydroxyl groups is 1. The molecule has 0 unspecified atom stereocenters. The summed E-state index contributed by atoms with van der Waals surface area (Å²) in [6, 6.07) is 0. The molecule has 4 heteroatoms. The first-order valence-corrected chi connectivity index (χ1v) is 4.61. The highest BCUT2D eigenvalue weighted by molar-refractivity contribution is 5.69.